The lowest BCUT2D eigenvalue weighted by molar-refractivity contribution is 0.0607. The van der Waals surface area contributed by atoms with Gasteiger partial charge in [-0.25, -0.2) is 4.79 Å². The lowest BCUT2D eigenvalue weighted by Gasteiger charge is -2.04. The average Bonchev–Trinajstić information content (AvgIpc) is 2.71. The molecule has 0 aromatic carbocycles. The van der Waals surface area contributed by atoms with E-state index in [0.717, 1.165) is 11.3 Å². The van der Waals surface area contributed by atoms with Gasteiger partial charge in [0, 0.05) is 13.6 Å². The summed E-state index contributed by atoms with van der Waals surface area (Å²) < 4.78 is 4.62. The fourth-order valence-electron chi connectivity index (χ4n) is 1.33. The minimum Gasteiger partial charge on any atom is -0.465 e. The third-order valence-corrected chi connectivity index (χ3v) is 3.32. The van der Waals surface area contributed by atoms with Crippen LogP contribution in [0.4, 0.5) is 10.7 Å². The molecule has 0 bridgehead atoms. The first-order valence-electron chi connectivity index (χ1n) is 5.14. The summed E-state index contributed by atoms with van der Waals surface area (Å²) in [5.74, 6) is -0.917. The Kier molecular flexibility index (Phi) is 4.73. The molecule has 0 saturated heterocycles. The maximum absolute atomic E-state index is 11.7. The molecule has 0 unspecified atom stereocenters. The summed E-state index contributed by atoms with van der Waals surface area (Å²) in [5, 5.41) is 5.97. The second-order valence-electron chi connectivity index (χ2n) is 3.29. The number of anilines is 2. The van der Waals surface area contributed by atoms with Crippen molar-refractivity contribution in [2.24, 2.45) is 0 Å². The van der Waals surface area contributed by atoms with Gasteiger partial charge in [0.2, 0.25) is 0 Å². The Morgan fingerprint density at radius 3 is 2.72 bits per heavy atom. The highest BCUT2D eigenvalue weighted by atomic mass is 32.1. The number of hydrogen-bond donors (Lipinski definition) is 3. The van der Waals surface area contributed by atoms with E-state index in [2.05, 4.69) is 21.9 Å². The molecular formula is C11H15N3O3S. The van der Waals surface area contributed by atoms with Crippen LogP contribution in [0.15, 0.2) is 12.7 Å². The van der Waals surface area contributed by atoms with Gasteiger partial charge in [0.05, 0.1) is 18.4 Å². The molecule has 0 spiro atoms. The van der Waals surface area contributed by atoms with Gasteiger partial charge >= 0.3 is 5.97 Å². The molecule has 1 rings (SSSR count). The van der Waals surface area contributed by atoms with E-state index in [9.17, 15) is 9.59 Å². The van der Waals surface area contributed by atoms with E-state index in [1.165, 1.54) is 14.2 Å². The van der Waals surface area contributed by atoms with Crippen LogP contribution in [0.1, 0.15) is 20.0 Å². The molecule has 7 heteroatoms. The van der Waals surface area contributed by atoms with Crippen molar-refractivity contribution in [3.8, 4) is 0 Å². The van der Waals surface area contributed by atoms with E-state index in [1.54, 1.807) is 6.08 Å². The van der Waals surface area contributed by atoms with Crippen molar-refractivity contribution in [1.29, 1.82) is 0 Å². The number of thiophene rings is 1. The Labute approximate surface area is 109 Å². The summed E-state index contributed by atoms with van der Waals surface area (Å²) in [6, 6.07) is 0. The number of amides is 1. The summed E-state index contributed by atoms with van der Waals surface area (Å²) in [4.78, 5) is 23.5. The summed E-state index contributed by atoms with van der Waals surface area (Å²) >= 11 is 1.08. The predicted octanol–water partition coefficient (Wildman–Crippen LogP) is 1.07. The van der Waals surface area contributed by atoms with Crippen molar-refractivity contribution < 1.29 is 14.3 Å². The highest BCUT2D eigenvalue weighted by Crippen LogP contribution is 2.36. The van der Waals surface area contributed by atoms with Crippen LogP contribution in [0, 0.1) is 0 Å². The quantitative estimate of drug-likeness (QED) is 0.549. The van der Waals surface area contributed by atoms with E-state index in [-0.39, 0.29) is 22.0 Å². The van der Waals surface area contributed by atoms with Crippen molar-refractivity contribution in [2.75, 3.05) is 31.8 Å². The van der Waals surface area contributed by atoms with Crippen molar-refractivity contribution in [3.63, 3.8) is 0 Å². The minimum absolute atomic E-state index is 0.123. The van der Waals surface area contributed by atoms with Crippen LogP contribution in [0.25, 0.3) is 0 Å². The molecule has 0 aliphatic rings. The number of nitrogens with one attached hydrogen (secondary N) is 2. The molecule has 1 heterocycles. The lowest BCUT2D eigenvalue weighted by atomic mass is 10.2. The number of carbonyl (C=O) groups is 2. The third-order valence-electron chi connectivity index (χ3n) is 2.18. The van der Waals surface area contributed by atoms with Crippen LogP contribution >= 0.6 is 11.3 Å². The second kappa shape index (κ2) is 6.06. The molecule has 0 saturated carbocycles. The smallest absolute Gasteiger partial charge is 0.350 e. The van der Waals surface area contributed by atoms with Gasteiger partial charge in [0.25, 0.3) is 5.91 Å². The number of ether oxygens (including phenoxy) is 1. The van der Waals surface area contributed by atoms with Gasteiger partial charge in [0.1, 0.15) is 9.88 Å². The highest BCUT2D eigenvalue weighted by Gasteiger charge is 2.25. The molecule has 0 radical (unpaired) electrons. The van der Waals surface area contributed by atoms with Crippen LogP contribution in [0.3, 0.4) is 0 Å². The number of methoxy groups -OCH3 is 1. The zero-order valence-corrected chi connectivity index (χ0v) is 11.0. The summed E-state index contributed by atoms with van der Waals surface area (Å²) in [6.45, 7) is 4.03. The zero-order valence-electron chi connectivity index (χ0n) is 10.2. The number of carbonyl (C=O) groups excluding carboxylic acids is 2. The molecular weight excluding hydrogens is 254 g/mol. The van der Waals surface area contributed by atoms with E-state index < -0.39 is 5.97 Å². The normalized spacial score (nSPS) is 9.67. The number of hydrogen-bond acceptors (Lipinski definition) is 6. The minimum atomic E-state index is -0.561. The van der Waals surface area contributed by atoms with Crippen molar-refractivity contribution >= 4 is 33.9 Å². The summed E-state index contributed by atoms with van der Waals surface area (Å²) in [7, 11) is 2.76. The first-order valence-corrected chi connectivity index (χ1v) is 5.95. The van der Waals surface area contributed by atoms with Gasteiger partial charge in [-0.05, 0) is 0 Å². The van der Waals surface area contributed by atoms with E-state index in [0.29, 0.717) is 11.5 Å². The standard InChI is InChI=1S/C11H15N3O3S/c1-4-5-14-10-6(9(15)13-2)7(12)8(18-10)11(16)17-3/h4,14H,1,5,12H2,2-3H3,(H,13,15). The number of nitrogen functional groups attached to an aromatic ring is 1. The van der Waals surface area contributed by atoms with Crippen molar-refractivity contribution in [1.82, 2.24) is 5.32 Å². The molecule has 0 aliphatic carbocycles. The van der Waals surface area contributed by atoms with Gasteiger partial charge in [-0.15, -0.1) is 17.9 Å². The Balaban J connectivity index is 3.26. The van der Waals surface area contributed by atoms with Crippen LogP contribution in [0.2, 0.25) is 0 Å². The van der Waals surface area contributed by atoms with Crippen LogP contribution in [0.5, 0.6) is 0 Å². The van der Waals surface area contributed by atoms with Gasteiger partial charge in [0.15, 0.2) is 0 Å². The largest absolute Gasteiger partial charge is 0.465 e. The second-order valence-corrected chi connectivity index (χ2v) is 4.31. The Hall–Kier alpha value is -2.02. The fraction of sp³-hybridized carbons (Fsp3) is 0.273. The van der Waals surface area contributed by atoms with E-state index >= 15 is 0 Å². The highest BCUT2D eigenvalue weighted by molar-refractivity contribution is 7.19. The average molecular weight is 269 g/mol. The number of nitrogens with two attached hydrogens (primary N) is 1. The van der Waals surface area contributed by atoms with Gasteiger partial charge in [-0.1, -0.05) is 6.08 Å². The molecule has 1 aromatic heterocycles. The molecule has 6 nitrogen and oxygen atoms in total. The maximum Gasteiger partial charge on any atom is 0.350 e. The fourth-order valence-corrected chi connectivity index (χ4v) is 2.37. The molecule has 1 aromatic rings. The first kappa shape index (κ1) is 14.0. The predicted molar refractivity (Wildman–Crippen MR) is 72.1 cm³/mol. The summed E-state index contributed by atoms with van der Waals surface area (Å²) in [6.07, 6.45) is 1.64. The molecule has 0 aliphatic heterocycles. The van der Waals surface area contributed by atoms with Crippen LogP contribution in [-0.4, -0.2) is 32.6 Å². The molecule has 98 valence electrons. The SMILES string of the molecule is C=CCNc1sc(C(=O)OC)c(N)c1C(=O)NC. The zero-order chi connectivity index (χ0) is 13.7. The van der Waals surface area contributed by atoms with Gasteiger partial charge < -0.3 is 21.1 Å². The third kappa shape index (κ3) is 2.62. The molecule has 1 amide bonds. The topological polar surface area (TPSA) is 93.4 Å². The first-order chi connectivity index (χ1) is 8.56. The Bertz CT molecular complexity index is 482. The lowest BCUT2D eigenvalue weighted by Crippen LogP contribution is -2.20. The number of esters is 1. The van der Waals surface area contributed by atoms with E-state index in [4.69, 9.17) is 5.73 Å². The number of rotatable bonds is 5. The molecule has 0 fully saturated rings. The molecule has 0 atom stereocenters. The van der Waals surface area contributed by atoms with E-state index in [1.807, 2.05) is 0 Å². The maximum atomic E-state index is 11.7. The Morgan fingerprint density at radius 2 is 2.22 bits per heavy atom. The molecule has 18 heavy (non-hydrogen) atoms. The van der Waals surface area contributed by atoms with Crippen molar-refractivity contribution in [2.45, 2.75) is 0 Å². The van der Waals surface area contributed by atoms with Gasteiger partial charge in [-0.3, -0.25) is 4.79 Å². The van der Waals surface area contributed by atoms with Crippen LogP contribution < -0.4 is 16.4 Å². The van der Waals surface area contributed by atoms with Crippen molar-refractivity contribution in [3.05, 3.63) is 23.1 Å². The van der Waals surface area contributed by atoms with Crippen LogP contribution in [-0.2, 0) is 4.74 Å². The Morgan fingerprint density at radius 1 is 1.56 bits per heavy atom. The van der Waals surface area contributed by atoms with Gasteiger partial charge in [-0.2, -0.15) is 0 Å². The molecule has 4 N–H and O–H groups in total. The summed E-state index contributed by atoms with van der Waals surface area (Å²) in [5.41, 5.74) is 6.19. The monoisotopic (exact) mass is 269 g/mol.